The first-order valence-electron chi connectivity index (χ1n) is 4.89. The largest absolute Gasteiger partial charge is 0.495 e. The van der Waals surface area contributed by atoms with Crippen LogP contribution < -0.4 is 15.4 Å². The third-order valence-corrected chi connectivity index (χ3v) is 2.47. The first-order chi connectivity index (χ1) is 7.33. The normalized spacial score (nSPS) is 15.2. The minimum Gasteiger partial charge on any atom is -0.495 e. The zero-order valence-corrected chi connectivity index (χ0v) is 8.58. The Morgan fingerprint density at radius 2 is 2.33 bits per heavy atom. The van der Waals surface area contributed by atoms with Gasteiger partial charge in [-0.1, -0.05) is 0 Å². The first-order valence-corrected chi connectivity index (χ1v) is 4.89. The zero-order chi connectivity index (χ0) is 10.7. The van der Waals surface area contributed by atoms with E-state index in [1.807, 2.05) is 6.07 Å². The van der Waals surface area contributed by atoms with Crippen molar-refractivity contribution in [2.24, 2.45) is 0 Å². The van der Waals surface area contributed by atoms with E-state index in [2.05, 4.69) is 16.7 Å². The molecule has 4 nitrogen and oxygen atoms in total. The standard InChI is InChI=1S/C11H13N3O/c1-15-11-4-8(5-12)2-3-10(11)14-9-6-13-7-9/h2-4,9,13-14H,6-7H2,1H3. The van der Waals surface area contributed by atoms with Gasteiger partial charge in [-0.3, -0.25) is 0 Å². The van der Waals surface area contributed by atoms with Crippen LogP contribution in [0.2, 0.25) is 0 Å². The van der Waals surface area contributed by atoms with E-state index < -0.39 is 0 Å². The van der Waals surface area contributed by atoms with Gasteiger partial charge in [0.25, 0.3) is 0 Å². The quantitative estimate of drug-likeness (QED) is 0.768. The van der Waals surface area contributed by atoms with E-state index >= 15 is 0 Å². The Kier molecular flexibility index (Phi) is 2.75. The molecule has 1 heterocycles. The minimum atomic E-state index is 0.465. The Labute approximate surface area is 88.9 Å². The number of nitriles is 1. The summed E-state index contributed by atoms with van der Waals surface area (Å²) in [5.41, 5.74) is 1.56. The Hall–Kier alpha value is -1.73. The molecule has 1 aromatic carbocycles. The predicted molar refractivity (Wildman–Crippen MR) is 58.0 cm³/mol. The molecule has 0 atom stereocenters. The molecule has 1 saturated heterocycles. The monoisotopic (exact) mass is 203 g/mol. The number of methoxy groups -OCH3 is 1. The maximum Gasteiger partial charge on any atom is 0.143 e. The van der Waals surface area contributed by atoms with Crippen LogP contribution in [0.4, 0.5) is 5.69 Å². The lowest BCUT2D eigenvalue weighted by Gasteiger charge is -2.29. The number of hydrogen-bond acceptors (Lipinski definition) is 4. The highest BCUT2D eigenvalue weighted by atomic mass is 16.5. The predicted octanol–water partition coefficient (Wildman–Crippen LogP) is 0.951. The van der Waals surface area contributed by atoms with Crippen LogP contribution in [0.3, 0.4) is 0 Å². The van der Waals surface area contributed by atoms with E-state index in [9.17, 15) is 0 Å². The second-order valence-electron chi connectivity index (χ2n) is 3.53. The number of rotatable bonds is 3. The third-order valence-electron chi connectivity index (χ3n) is 2.47. The van der Waals surface area contributed by atoms with Gasteiger partial charge in [-0.2, -0.15) is 5.26 Å². The van der Waals surface area contributed by atoms with Gasteiger partial charge < -0.3 is 15.4 Å². The average Bonchev–Trinajstić information content (AvgIpc) is 2.23. The number of benzene rings is 1. The molecule has 15 heavy (non-hydrogen) atoms. The SMILES string of the molecule is COc1cc(C#N)ccc1NC1CNC1. The molecule has 1 aliphatic rings. The molecule has 0 spiro atoms. The first kappa shape index (κ1) is 9.81. The Balaban J connectivity index is 2.18. The molecule has 1 fully saturated rings. The maximum absolute atomic E-state index is 8.75. The fourth-order valence-electron chi connectivity index (χ4n) is 1.49. The molecule has 0 aliphatic carbocycles. The summed E-state index contributed by atoms with van der Waals surface area (Å²) in [7, 11) is 1.61. The van der Waals surface area contributed by atoms with Crippen molar-refractivity contribution in [2.45, 2.75) is 6.04 Å². The number of nitrogens with zero attached hydrogens (tertiary/aromatic N) is 1. The van der Waals surface area contributed by atoms with E-state index in [0.717, 1.165) is 24.5 Å². The Morgan fingerprint density at radius 1 is 1.53 bits per heavy atom. The van der Waals surface area contributed by atoms with Crippen molar-refractivity contribution in [2.75, 3.05) is 25.5 Å². The summed E-state index contributed by atoms with van der Waals surface area (Å²) in [6.45, 7) is 1.95. The smallest absolute Gasteiger partial charge is 0.143 e. The second-order valence-corrected chi connectivity index (χ2v) is 3.53. The van der Waals surface area contributed by atoms with Gasteiger partial charge in [-0.15, -0.1) is 0 Å². The van der Waals surface area contributed by atoms with Crippen LogP contribution in [0.25, 0.3) is 0 Å². The van der Waals surface area contributed by atoms with Crippen LogP contribution >= 0.6 is 0 Å². The van der Waals surface area contributed by atoms with E-state index in [-0.39, 0.29) is 0 Å². The summed E-state index contributed by atoms with van der Waals surface area (Å²) in [5.74, 6) is 0.723. The highest BCUT2D eigenvalue weighted by Crippen LogP contribution is 2.26. The summed E-state index contributed by atoms with van der Waals surface area (Å²) in [5, 5.41) is 15.3. The second kappa shape index (κ2) is 4.20. The highest BCUT2D eigenvalue weighted by molar-refractivity contribution is 5.60. The molecule has 0 bridgehead atoms. The van der Waals surface area contributed by atoms with Gasteiger partial charge in [0, 0.05) is 19.2 Å². The maximum atomic E-state index is 8.75. The zero-order valence-electron chi connectivity index (χ0n) is 8.58. The Bertz CT molecular complexity index is 393. The summed E-state index contributed by atoms with van der Waals surface area (Å²) in [4.78, 5) is 0. The summed E-state index contributed by atoms with van der Waals surface area (Å²) in [6.07, 6.45) is 0. The molecule has 0 amide bonds. The summed E-state index contributed by atoms with van der Waals surface area (Å²) >= 11 is 0. The number of nitrogens with one attached hydrogen (secondary N) is 2. The van der Waals surface area contributed by atoms with Gasteiger partial charge in [0.15, 0.2) is 0 Å². The fraction of sp³-hybridized carbons (Fsp3) is 0.364. The van der Waals surface area contributed by atoms with Gasteiger partial charge in [0.05, 0.1) is 30.5 Å². The lowest BCUT2D eigenvalue weighted by atomic mass is 10.1. The van der Waals surface area contributed by atoms with Crippen LogP contribution in [0, 0.1) is 11.3 Å². The molecular formula is C11H13N3O. The molecule has 1 aliphatic heterocycles. The van der Waals surface area contributed by atoms with Crippen molar-refractivity contribution in [1.82, 2.24) is 5.32 Å². The molecule has 4 heteroatoms. The van der Waals surface area contributed by atoms with Crippen molar-refractivity contribution >= 4 is 5.69 Å². The summed E-state index contributed by atoms with van der Waals surface area (Å²) in [6, 6.07) is 7.97. The van der Waals surface area contributed by atoms with Crippen molar-refractivity contribution in [3.63, 3.8) is 0 Å². The lowest BCUT2D eigenvalue weighted by molar-refractivity contribution is 0.413. The average molecular weight is 203 g/mol. The van der Waals surface area contributed by atoms with Crippen molar-refractivity contribution in [3.05, 3.63) is 23.8 Å². The molecule has 0 saturated carbocycles. The van der Waals surface area contributed by atoms with Crippen molar-refractivity contribution in [3.8, 4) is 11.8 Å². The van der Waals surface area contributed by atoms with E-state index in [1.54, 1.807) is 19.2 Å². The third kappa shape index (κ3) is 2.03. The van der Waals surface area contributed by atoms with Crippen LogP contribution in [-0.4, -0.2) is 26.2 Å². The summed E-state index contributed by atoms with van der Waals surface area (Å²) < 4.78 is 5.22. The van der Waals surface area contributed by atoms with Crippen LogP contribution in [0.1, 0.15) is 5.56 Å². The fourth-order valence-corrected chi connectivity index (χ4v) is 1.49. The molecule has 78 valence electrons. The van der Waals surface area contributed by atoms with Crippen LogP contribution in [0.5, 0.6) is 5.75 Å². The van der Waals surface area contributed by atoms with E-state index in [0.29, 0.717) is 11.6 Å². The lowest BCUT2D eigenvalue weighted by Crippen LogP contribution is -2.51. The number of hydrogen-bond donors (Lipinski definition) is 2. The minimum absolute atomic E-state index is 0.465. The molecule has 1 aromatic rings. The van der Waals surface area contributed by atoms with Gasteiger partial charge in [-0.05, 0) is 12.1 Å². The molecular weight excluding hydrogens is 190 g/mol. The molecule has 0 radical (unpaired) electrons. The van der Waals surface area contributed by atoms with Gasteiger partial charge >= 0.3 is 0 Å². The Morgan fingerprint density at radius 3 is 2.87 bits per heavy atom. The molecule has 2 N–H and O–H groups in total. The van der Waals surface area contributed by atoms with Gasteiger partial charge in [0.2, 0.25) is 0 Å². The topological polar surface area (TPSA) is 57.1 Å². The van der Waals surface area contributed by atoms with Crippen LogP contribution in [0.15, 0.2) is 18.2 Å². The molecule has 0 unspecified atom stereocenters. The number of ether oxygens (including phenoxy) is 1. The van der Waals surface area contributed by atoms with Gasteiger partial charge in [0.1, 0.15) is 5.75 Å². The number of anilines is 1. The van der Waals surface area contributed by atoms with Gasteiger partial charge in [-0.25, -0.2) is 0 Å². The van der Waals surface area contributed by atoms with Crippen LogP contribution in [-0.2, 0) is 0 Å². The van der Waals surface area contributed by atoms with Crippen molar-refractivity contribution in [1.29, 1.82) is 5.26 Å². The van der Waals surface area contributed by atoms with E-state index in [4.69, 9.17) is 10.00 Å². The van der Waals surface area contributed by atoms with Crippen molar-refractivity contribution < 1.29 is 4.74 Å². The molecule has 2 rings (SSSR count). The molecule has 0 aromatic heterocycles. The highest BCUT2D eigenvalue weighted by Gasteiger charge is 2.17. The van der Waals surface area contributed by atoms with E-state index in [1.165, 1.54) is 0 Å².